The number of piperidine rings is 1. The summed E-state index contributed by atoms with van der Waals surface area (Å²) in [7, 11) is 0. The first kappa shape index (κ1) is 9.71. The van der Waals surface area contributed by atoms with Crippen LogP contribution in [0.15, 0.2) is 12.3 Å². The zero-order valence-corrected chi connectivity index (χ0v) is 9.04. The highest BCUT2D eigenvalue weighted by molar-refractivity contribution is 6.20. The van der Waals surface area contributed by atoms with Gasteiger partial charge in [-0.1, -0.05) is 0 Å². The minimum absolute atomic E-state index is 0.342. The monoisotopic (exact) mass is 211 g/mol. The summed E-state index contributed by atoms with van der Waals surface area (Å²) in [6, 6.07) is 1.96. The average molecular weight is 212 g/mol. The van der Waals surface area contributed by atoms with Gasteiger partial charge in [0.2, 0.25) is 0 Å². The molecule has 14 heavy (non-hydrogen) atoms. The molecule has 0 spiro atoms. The molecule has 0 radical (unpaired) electrons. The Balaban J connectivity index is 2.08. The molecule has 0 unspecified atom stereocenters. The van der Waals surface area contributed by atoms with Gasteiger partial charge in [0.25, 0.3) is 0 Å². The molecule has 0 aliphatic carbocycles. The molecule has 76 valence electrons. The number of rotatable bonds is 1. The van der Waals surface area contributed by atoms with Crippen LogP contribution in [0, 0.1) is 6.92 Å². The second-order valence-corrected chi connectivity index (χ2v) is 4.24. The van der Waals surface area contributed by atoms with Crippen molar-refractivity contribution in [3.8, 4) is 0 Å². The molecule has 1 aliphatic heterocycles. The minimum atomic E-state index is 0.342. The standard InChI is InChI=1S/C10H14ClN3/c1-8-12-5-2-10(13-8)14-6-3-9(11)4-7-14/h2,5,9H,3-4,6-7H2,1H3. The summed E-state index contributed by atoms with van der Waals surface area (Å²) >= 11 is 6.04. The van der Waals surface area contributed by atoms with Crippen LogP contribution in [-0.4, -0.2) is 28.4 Å². The first-order chi connectivity index (χ1) is 6.75. The molecule has 4 heteroatoms. The summed E-state index contributed by atoms with van der Waals surface area (Å²) in [5.74, 6) is 1.86. The van der Waals surface area contributed by atoms with Crippen molar-refractivity contribution in [1.29, 1.82) is 0 Å². The lowest BCUT2D eigenvalue weighted by Gasteiger charge is -2.30. The van der Waals surface area contributed by atoms with E-state index in [9.17, 15) is 0 Å². The van der Waals surface area contributed by atoms with Crippen LogP contribution in [0.5, 0.6) is 0 Å². The van der Waals surface area contributed by atoms with Gasteiger partial charge in [0, 0.05) is 24.7 Å². The van der Waals surface area contributed by atoms with Gasteiger partial charge < -0.3 is 4.90 Å². The normalized spacial score (nSPS) is 18.6. The fraction of sp³-hybridized carbons (Fsp3) is 0.600. The number of halogens is 1. The lowest BCUT2D eigenvalue weighted by molar-refractivity contribution is 0.579. The van der Waals surface area contributed by atoms with Gasteiger partial charge in [-0.15, -0.1) is 11.6 Å². The number of aromatic nitrogens is 2. The van der Waals surface area contributed by atoms with Crippen LogP contribution in [0.25, 0.3) is 0 Å². The second-order valence-electron chi connectivity index (χ2n) is 3.62. The maximum Gasteiger partial charge on any atom is 0.132 e. The van der Waals surface area contributed by atoms with Crippen LogP contribution >= 0.6 is 11.6 Å². The van der Waals surface area contributed by atoms with Crippen molar-refractivity contribution in [2.75, 3.05) is 18.0 Å². The highest BCUT2D eigenvalue weighted by Crippen LogP contribution is 2.20. The molecule has 1 aromatic rings. The lowest BCUT2D eigenvalue weighted by atomic mass is 10.1. The summed E-state index contributed by atoms with van der Waals surface area (Å²) < 4.78 is 0. The van der Waals surface area contributed by atoms with E-state index in [2.05, 4.69) is 14.9 Å². The Morgan fingerprint density at radius 3 is 2.79 bits per heavy atom. The summed E-state index contributed by atoms with van der Waals surface area (Å²) in [6.07, 6.45) is 3.90. The number of nitrogens with zero attached hydrogens (tertiary/aromatic N) is 3. The largest absolute Gasteiger partial charge is 0.356 e. The van der Waals surface area contributed by atoms with Crippen molar-refractivity contribution in [1.82, 2.24) is 9.97 Å². The summed E-state index contributed by atoms with van der Waals surface area (Å²) in [5, 5.41) is 0.342. The zero-order valence-electron chi connectivity index (χ0n) is 8.28. The molecule has 0 amide bonds. The molecule has 0 bridgehead atoms. The SMILES string of the molecule is Cc1nccc(N2CCC(Cl)CC2)n1. The Kier molecular flexibility index (Phi) is 2.87. The van der Waals surface area contributed by atoms with Crippen LogP contribution in [0.2, 0.25) is 0 Å². The van der Waals surface area contributed by atoms with E-state index < -0.39 is 0 Å². The topological polar surface area (TPSA) is 29.0 Å². The Morgan fingerprint density at radius 1 is 1.43 bits per heavy atom. The van der Waals surface area contributed by atoms with E-state index in [4.69, 9.17) is 11.6 Å². The van der Waals surface area contributed by atoms with Crippen LogP contribution in [0.4, 0.5) is 5.82 Å². The van der Waals surface area contributed by atoms with E-state index in [1.807, 2.05) is 19.2 Å². The molecule has 3 nitrogen and oxygen atoms in total. The maximum absolute atomic E-state index is 6.04. The molecule has 0 N–H and O–H groups in total. The Hall–Kier alpha value is -0.830. The number of aryl methyl sites for hydroxylation is 1. The van der Waals surface area contributed by atoms with E-state index in [0.717, 1.165) is 37.6 Å². The molecule has 1 fully saturated rings. The van der Waals surface area contributed by atoms with Gasteiger partial charge in [-0.3, -0.25) is 0 Å². The highest BCUT2D eigenvalue weighted by atomic mass is 35.5. The van der Waals surface area contributed by atoms with Gasteiger partial charge in [0.15, 0.2) is 0 Å². The molecule has 1 aliphatic rings. The van der Waals surface area contributed by atoms with Gasteiger partial charge in [0.1, 0.15) is 11.6 Å². The summed E-state index contributed by atoms with van der Waals surface area (Å²) in [6.45, 7) is 3.92. The number of hydrogen-bond donors (Lipinski definition) is 0. The zero-order chi connectivity index (χ0) is 9.97. The molecular weight excluding hydrogens is 198 g/mol. The van der Waals surface area contributed by atoms with Crippen molar-refractivity contribution < 1.29 is 0 Å². The smallest absolute Gasteiger partial charge is 0.132 e. The van der Waals surface area contributed by atoms with Gasteiger partial charge >= 0.3 is 0 Å². The number of anilines is 1. The summed E-state index contributed by atoms with van der Waals surface area (Å²) in [5.41, 5.74) is 0. The van der Waals surface area contributed by atoms with Crippen molar-refractivity contribution in [3.05, 3.63) is 18.1 Å². The van der Waals surface area contributed by atoms with Gasteiger partial charge in [-0.2, -0.15) is 0 Å². The van der Waals surface area contributed by atoms with Crippen LogP contribution in [0.1, 0.15) is 18.7 Å². The Bertz CT molecular complexity index is 308. The third kappa shape index (κ3) is 2.15. The fourth-order valence-corrected chi connectivity index (χ4v) is 1.89. The van der Waals surface area contributed by atoms with Gasteiger partial charge in [0.05, 0.1) is 0 Å². The predicted molar refractivity (Wildman–Crippen MR) is 57.9 cm³/mol. The van der Waals surface area contributed by atoms with Crippen LogP contribution < -0.4 is 4.90 Å². The van der Waals surface area contributed by atoms with Crippen molar-refractivity contribution >= 4 is 17.4 Å². The van der Waals surface area contributed by atoms with Crippen molar-refractivity contribution in [3.63, 3.8) is 0 Å². The van der Waals surface area contributed by atoms with Gasteiger partial charge in [-0.25, -0.2) is 9.97 Å². The predicted octanol–water partition coefficient (Wildman–Crippen LogP) is 1.99. The highest BCUT2D eigenvalue weighted by Gasteiger charge is 2.17. The van der Waals surface area contributed by atoms with E-state index >= 15 is 0 Å². The Labute approximate surface area is 89.1 Å². The first-order valence-electron chi connectivity index (χ1n) is 4.94. The maximum atomic E-state index is 6.04. The van der Waals surface area contributed by atoms with E-state index in [0.29, 0.717) is 5.38 Å². The molecule has 2 rings (SSSR count). The second kappa shape index (κ2) is 4.13. The molecular formula is C10H14ClN3. The quantitative estimate of drug-likeness (QED) is 0.666. The lowest BCUT2D eigenvalue weighted by Crippen LogP contribution is -2.34. The first-order valence-corrected chi connectivity index (χ1v) is 5.38. The number of hydrogen-bond acceptors (Lipinski definition) is 3. The van der Waals surface area contributed by atoms with E-state index in [-0.39, 0.29) is 0 Å². The molecule has 0 aromatic carbocycles. The summed E-state index contributed by atoms with van der Waals surface area (Å²) in [4.78, 5) is 10.8. The van der Waals surface area contributed by atoms with Crippen LogP contribution in [-0.2, 0) is 0 Å². The van der Waals surface area contributed by atoms with E-state index in [1.54, 1.807) is 0 Å². The molecule has 0 saturated carbocycles. The fourth-order valence-electron chi connectivity index (χ4n) is 1.70. The average Bonchev–Trinajstić information content (AvgIpc) is 2.19. The molecule has 1 aromatic heterocycles. The van der Waals surface area contributed by atoms with Crippen LogP contribution in [0.3, 0.4) is 0 Å². The minimum Gasteiger partial charge on any atom is -0.356 e. The number of alkyl halides is 1. The van der Waals surface area contributed by atoms with Crippen molar-refractivity contribution in [2.24, 2.45) is 0 Å². The molecule has 1 saturated heterocycles. The van der Waals surface area contributed by atoms with E-state index in [1.165, 1.54) is 0 Å². The molecule has 0 atom stereocenters. The Morgan fingerprint density at radius 2 is 2.14 bits per heavy atom. The third-order valence-corrected chi connectivity index (χ3v) is 2.95. The van der Waals surface area contributed by atoms with Crippen molar-refractivity contribution in [2.45, 2.75) is 25.1 Å². The molecule has 2 heterocycles. The van der Waals surface area contributed by atoms with Gasteiger partial charge in [-0.05, 0) is 25.8 Å². The third-order valence-electron chi connectivity index (χ3n) is 2.51.